The number of nitrogens with one attached hydrogen (secondary N) is 1. The Hall–Kier alpha value is -2.71. The van der Waals surface area contributed by atoms with Crippen LogP contribution in [0.3, 0.4) is 0 Å². The molecule has 0 aliphatic carbocycles. The van der Waals surface area contributed by atoms with Crippen molar-refractivity contribution in [1.82, 2.24) is 20.1 Å². The van der Waals surface area contributed by atoms with E-state index in [-0.39, 0.29) is 11.9 Å². The summed E-state index contributed by atoms with van der Waals surface area (Å²) in [6.45, 7) is 7.05. The molecule has 2 aromatic rings. The molecule has 164 valence electrons. The Morgan fingerprint density at radius 1 is 0.968 bits per heavy atom. The van der Waals surface area contributed by atoms with Crippen molar-refractivity contribution < 1.29 is 9.59 Å². The number of nitrogens with zero attached hydrogens (tertiary/aromatic N) is 5. The molecule has 8 heteroatoms. The van der Waals surface area contributed by atoms with Gasteiger partial charge in [-0.1, -0.05) is 6.07 Å². The second-order valence-corrected chi connectivity index (χ2v) is 8.88. The molecule has 1 aromatic heterocycles. The molecular weight excluding hydrogens is 392 g/mol. The Balaban J connectivity index is 1.30. The van der Waals surface area contributed by atoms with Crippen LogP contribution in [0, 0.1) is 0 Å². The van der Waals surface area contributed by atoms with Crippen LogP contribution in [-0.2, 0) is 4.79 Å². The first-order chi connectivity index (χ1) is 15.1. The highest BCUT2D eigenvalue weighted by atomic mass is 16.2. The molecule has 5 rings (SSSR count). The van der Waals surface area contributed by atoms with Crippen molar-refractivity contribution >= 4 is 34.1 Å². The molecule has 1 aromatic carbocycles. The number of hydrogen-bond donors (Lipinski definition) is 1. The molecule has 3 aliphatic heterocycles. The third kappa shape index (κ3) is 4.09. The Labute approximate surface area is 182 Å². The minimum Gasteiger partial charge on any atom is -0.369 e. The summed E-state index contributed by atoms with van der Waals surface area (Å²) >= 11 is 0. The zero-order valence-corrected chi connectivity index (χ0v) is 18.1. The fraction of sp³-hybridized carbons (Fsp3) is 0.522. The number of urea groups is 1. The lowest BCUT2D eigenvalue weighted by Crippen LogP contribution is -2.53. The van der Waals surface area contributed by atoms with Gasteiger partial charge >= 0.3 is 6.03 Å². The van der Waals surface area contributed by atoms with Gasteiger partial charge in [-0.15, -0.1) is 0 Å². The predicted octanol–water partition coefficient (Wildman–Crippen LogP) is 1.90. The summed E-state index contributed by atoms with van der Waals surface area (Å²) in [6.07, 6.45) is 6.41. The van der Waals surface area contributed by atoms with Crippen LogP contribution in [0.15, 0.2) is 30.6 Å². The topological polar surface area (TPSA) is 72.0 Å². The van der Waals surface area contributed by atoms with Gasteiger partial charge in [-0.25, -0.2) is 4.79 Å². The van der Waals surface area contributed by atoms with E-state index in [1.807, 2.05) is 6.20 Å². The quantitative estimate of drug-likeness (QED) is 0.815. The summed E-state index contributed by atoms with van der Waals surface area (Å²) in [5.41, 5.74) is 1.95. The van der Waals surface area contributed by atoms with Crippen LogP contribution in [0.2, 0.25) is 0 Å². The number of fused-ring (bicyclic) bond motifs is 1. The van der Waals surface area contributed by atoms with Crippen LogP contribution >= 0.6 is 0 Å². The molecule has 1 N–H and O–H groups in total. The minimum absolute atomic E-state index is 0.226. The molecule has 3 amide bonds. The summed E-state index contributed by atoms with van der Waals surface area (Å²) in [7, 11) is 2.21. The molecule has 3 saturated heterocycles. The second-order valence-electron chi connectivity index (χ2n) is 8.88. The van der Waals surface area contributed by atoms with E-state index in [0.29, 0.717) is 13.0 Å². The number of hydrogen-bond acceptors (Lipinski definition) is 6. The first-order valence-electron chi connectivity index (χ1n) is 11.2. The van der Waals surface area contributed by atoms with Gasteiger partial charge in [-0.05, 0) is 45.1 Å². The molecule has 0 saturated carbocycles. The van der Waals surface area contributed by atoms with Crippen molar-refractivity contribution in [1.29, 1.82) is 0 Å². The van der Waals surface area contributed by atoms with Crippen LogP contribution in [0.4, 0.5) is 16.2 Å². The molecule has 0 spiro atoms. The number of piperazine rings is 1. The molecule has 0 radical (unpaired) electrons. The number of carbonyl (C=O) groups is 2. The maximum absolute atomic E-state index is 12.3. The zero-order valence-electron chi connectivity index (χ0n) is 18.1. The van der Waals surface area contributed by atoms with Crippen molar-refractivity contribution in [2.24, 2.45) is 0 Å². The van der Waals surface area contributed by atoms with Crippen LogP contribution < -0.4 is 15.1 Å². The fourth-order valence-electron chi connectivity index (χ4n) is 5.06. The average Bonchev–Trinajstić information content (AvgIpc) is 2.79. The van der Waals surface area contributed by atoms with E-state index in [2.05, 4.69) is 50.2 Å². The zero-order chi connectivity index (χ0) is 21.4. The third-order valence-corrected chi connectivity index (χ3v) is 6.95. The molecule has 0 unspecified atom stereocenters. The van der Waals surface area contributed by atoms with Crippen LogP contribution in [0.25, 0.3) is 10.8 Å². The molecule has 3 fully saturated rings. The summed E-state index contributed by atoms with van der Waals surface area (Å²) < 4.78 is 0. The number of rotatable bonds is 3. The van der Waals surface area contributed by atoms with Gasteiger partial charge in [-0.3, -0.25) is 24.9 Å². The van der Waals surface area contributed by atoms with Gasteiger partial charge in [0.25, 0.3) is 0 Å². The van der Waals surface area contributed by atoms with Crippen molar-refractivity contribution in [3.63, 3.8) is 0 Å². The molecular formula is C23H30N6O2. The first-order valence-corrected chi connectivity index (χ1v) is 11.2. The van der Waals surface area contributed by atoms with Crippen molar-refractivity contribution in [2.75, 3.05) is 62.7 Å². The lowest BCUT2D eigenvalue weighted by molar-refractivity contribution is -0.120. The number of imide groups is 1. The maximum atomic E-state index is 12.3. The number of piperidine rings is 1. The van der Waals surface area contributed by atoms with Crippen molar-refractivity contribution in [2.45, 2.75) is 25.3 Å². The number of benzene rings is 1. The SMILES string of the molecule is CN1CCC(N2CCN(c3ccc4c(N5CCC(=O)NC5=O)cncc4c3)CC2)CC1. The standard InChI is InChI=1S/C23H30N6O2/c1-26-7-4-18(5-8-26)27-10-12-28(13-11-27)19-2-3-20-17(14-19)15-24-16-21(20)29-9-6-22(30)25-23(29)31/h2-3,14-16,18H,4-13H2,1H3,(H,25,30,31). The van der Waals surface area contributed by atoms with E-state index >= 15 is 0 Å². The monoisotopic (exact) mass is 422 g/mol. The van der Waals surface area contributed by atoms with Crippen molar-refractivity contribution in [3.8, 4) is 0 Å². The van der Waals surface area contributed by atoms with Crippen LogP contribution in [-0.4, -0.2) is 85.6 Å². The third-order valence-electron chi connectivity index (χ3n) is 6.95. The lowest BCUT2D eigenvalue weighted by Gasteiger charge is -2.43. The van der Waals surface area contributed by atoms with E-state index < -0.39 is 0 Å². The summed E-state index contributed by atoms with van der Waals surface area (Å²) in [5.74, 6) is -0.226. The Kier molecular flexibility index (Phi) is 5.50. The minimum atomic E-state index is -0.375. The predicted molar refractivity (Wildman–Crippen MR) is 122 cm³/mol. The Morgan fingerprint density at radius 3 is 2.48 bits per heavy atom. The number of amides is 3. The first kappa shape index (κ1) is 20.2. The largest absolute Gasteiger partial charge is 0.369 e. The molecule has 0 bridgehead atoms. The van der Waals surface area contributed by atoms with Crippen LogP contribution in [0.1, 0.15) is 19.3 Å². The molecule has 31 heavy (non-hydrogen) atoms. The number of anilines is 2. The average molecular weight is 423 g/mol. The Morgan fingerprint density at radius 2 is 1.74 bits per heavy atom. The number of likely N-dealkylation sites (tertiary alicyclic amines) is 1. The molecule has 3 aliphatic rings. The number of pyridine rings is 1. The van der Waals surface area contributed by atoms with Crippen LogP contribution in [0.5, 0.6) is 0 Å². The van der Waals surface area contributed by atoms with Gasteiger partial charge < -0.3 is 9.80 Å². The van der Waals surface area contributed by atoms with Gasteiger partial charge in [0.2, 0.25) is 5.91 Å². The highest BCUT2D eigenvalue weighted by molar-refractivity contribution is 6.09. The maximum Gasteiger partial charge on any atom is 0.328 e. The molecule has 8 nitrogen and oxygen atoms in total. The smallest absolute Gasteiger partial charge is 0.328 e. The van der Waals surface area contributed by atoms with E-state index in [4.69, 9.17) is 0 Å². The number of aromatic nitrogens is 1. The van der Waals surface area contributed by atoms with Crippen molar-refractivity contribution in [3.05, 3.63) is 30.6 Å². The van der Waals surface area contributed by atoms with Gasteiger partial charge in [0.1, 0.15) is 0 Å². The summed E-state index contributed by atoms with van der Waals surface area (Å²) in [4.78, 5) is 37.3. The number of carbonyl (C=O) groups excluding carboxylic acids is 2. The van der Waals surface area contributed by atoms with Gasteiger partial charge in [0.05, 0.1) is 11.9 Å². The second kappa shape index (κ2) is 8.43. The van der Waals surface area contributed by atoms with Gasteiger partial charge in [0, 0.05) is 67.8 Å². The fourth-order valence-corrected chi connectivity index (χ4v) is 5.06. The van der Waals surface area contributed by atoms with Gasteiger partial charge in [0.15, 0.2) is 0 Å². The summed E-state index contributed by atoms with van der Waals surface area (Å²) in [6, 6.07) is 6.74. The van der Waals surface area contributed by atoms with E-state index in [9.17, 15) is 9.59 Å². The highest BCUT2D eigenvalue weighted by Gasteiger charge is 2.28. The molecule has 4 heterocycles. The molecule has 0 atom stereocenters. The van der Waals surface area contributed by atoms with E-state index in [1.165, 1.54) is 31.6 Å². The summed E-state index contributed by atoms with van der Waals surface area (Å²) in [5, 5.41) is 4.39. The van der Waals surface area contributed by atoms with E-state index in [0.717, 1.165) is 48.7 Å². The van der Waals surface area contributed by atoms with Gasteiger partial charge in [-0.2, -0.15) is 0 Å². The van der Waals surface area contributed by atoms with E-state index in [1.54, 1.807) is 11.1 Å². The highest BCUT2D eigenvalue weighted by Crippen LogP contribution is 2.31. The lowest BCUT2D eigenvalue weighted by atomic mass is 10.0. The Bertz CT molecular complexity index is 979. The normalized spacial score (nSPS) is 22.2.